The molecule has 1 aromatic carbocycles. The van der Waals surface area contributed by atoms with Gasteiger partial charge in [0, 0.05) is 12.6 Å². The molecule has 1 aromatic heterocycles. The number of benzene rings is 1. The van der Waals surface area contributed by atoms with Crippen LogP contribution in [0.1, 0.15) is 0 Å². The third kappa shape index (κ3) is 2.33. The van der Waals surface area contributed by atoms with Crippen LogP contribution in [-0.4, -0.2) is 24.1 Å². The number of anilines is 1. The van der Waals surface area contributed by atoms with E-state index in [0.717, 1.165) is 5.56 Å². The molecular formula is C12H12FN3O. The van der Waals surface area contributed by atoms with Crippen LogP contribution in [-0.2, 0) is 0 Å². The molecule has 5 heteroatoms. The van der Waals surface area contributed by atoms with E-state index in [0.29, 0.717) is 17.4 Å². The summed E-state index contributed by atoms with van der Waals surface area (Å²) in [5, 5.41) is 2.92. The molecule has 1 heterocycles. The molecule has 88 valence electrons. The van der Waals surface area contributed by atoms with Crippen molar-refractivity contribution in [3.05, 3.63) is 36.3 Å². The quantitative estimate of drug-likeness (QED) is 0.883. The zero-order chi connectivity index (χ0) is 12.3. The Hall–Kier alpha value is -2.17. The first-order valence-electron chi connectivity index (χ1n) is 5.09. The van der Waals surface area contributed by atoms with Gasteiger partial charge in [-0.2, -0.15) is 4.98 Å². The number of hydrogen-bond donors (Lipinski definition) is 1. The molecule has 0 aliphatic rings. The second-order valence-corrected chi connectivity index (χ2v) is 3.37. The van der Waals surface area contributed by atoms with Crippen LogP contribution < -0.4 is 10.1 Å². The number of methoxy groups -OCH3 is 1. The third-order valence-electron chi connectivity index (χ3n) is 2.32. The third-order valence-corrected chi connectivity index (χ3v) is 2.32. The van der Waals surface area contributed by atoms with Crippen LogP contribution in [0.5, 0.6) is 5.88 Å². The molecule has 0 fully saturated rings. The monoisotopic (exact) mass is 233 g/mol. The van der Waals surface area contributed by atoms with Gasteiger partial charge in [-0.15, -0.1) is 0 Å². The van der Waals surface area contributed by atoms with E-state index in [1.165, 1.54) is 19.2 Å². The number of nitrogens with one attached hydrogen (secondary N) is 1. The lowest BCUT2D eigenvalue weighted by Gasteiger charge is -2.08. The lowest BCUT2D eigenvalue weighted by Crippen LogP contribution is -1.99. The number of halogens is 1. The van der Waals surface area contributed by atoms with Crippen LogP contribution in [0.15, 0.2) is 30.5 Å². The van der Waals surface area contributed by atoms with Crippen LogP contribution in [0.25, 0.3) is 11.4 Å². The molecule has 17 heavy (non-hydrogen) atoms. The lowest BCUT2D eigenvalue weighted by molar-refractivity contribution is 0.399. The molecule has 4 nitrogen and oxygen atoms in total. The maximum atomic E-state index is 12.8. The summed E-state index contributed by atoms with van der Waals surface area (Å²) in [6.45, 7) is 0. The van der Waals surface area contributed by atoms with Crippen molar-refractivity contribution in [2.75, 3.05) is 19.5 Å². The van der Waals surface area contributed by atoms with Crippen molar-refractivity contribution >= 4 is 5.69 Å². The fourth-order valence-corrected chi connectivity index (χ4v) is 1.43. The topological polar surface area (TPSA) is 47.0 Å². The average Bonchev–Trinajstić information content (AvgIpc) is 2.39. The predicted molar refractivity (Wildman–Crippen MR) is 63.5 cm³/mol. The van der Waals surface area contributed by atoms with E-state index < -0.39 is 0 Å². The Balaban J connectivity index is 2.42. The van der Waals surface area contributed by atoms with Crippen LogP contribution >= 0.6 is 0 Å². The van der Waals surface area contributed by atoms with Gasteiger partial charge in [0.2, 0.25) is 5.88 Å². The molecule has 0 saturated carbocycles. The van der Waals surface area contributed by atoms with Crippen LogP contribution in [0.3, 0.4) is 0 Å². The number of ether oxygens (including phenoxy) is 1. The van der Waals surface area contributed by atoms with Gasteiger partial charge >= 0.3 is 0 Å². The molecule has 0 atom stereocenters. The molecule has 0 aliphatic heterocycles. The van der Waals surface area contributed by atoms with Crippen molar-refractivity contribution in [3.63, 3.8) is 0 Å². The minimum Gasteiger partial charge on any atom is -0.479 e. The van der Waals surface area contributed by atoms with Crippen molar-refractivity contribution in [1.29, 1.82) is 0 Å². The van der Waals surface area contributed by atoms with Crippen LogP contribution in [0, 0.1) is 5.82 Å². The molecule has 1 N–H and O–H groups in total. The van der Waals surface area contributed by atoms with E-state index in [-0.39, 0.29) is 5.82 Å². The fraction of sp³-hybridized carbons (Fsp3) is 0.167. The first-order chi connectivity index (χ1) is 8.24. The SMILES string of the molecule is CNc1cnc(-c2ccc(F)cc2)nc1OC. The fourth-order valence-electron chi connectivity index (χ4n) is 1.43. The summed E-state index contributed by atoms with van der Waals surface area (Å²) in [4.78, 5) is 8.43. The summed E-state index contributed by atoms with van der Waals surface area (Å²) in [5.74, 6) is 0.676. The van der Waals surface area contributed by atoms with Crippen molar-refractivity contribution in [2.24, 2.45) is 0 Å². The molecule has 0 unspecified atom stereocenters. The molecule has 0 saturated heterocycles. The summed E-state index contributed by atoms with van der Waals surface area (Å²) < 4.78 is 17.9. The summed E-state index contributed by atoms with van der Waals surface area (Å²) in [6.07, 6.45) is 1.63. The number of aromatic nitrogens is 2. The zero-order valence-corrected chi connectivity index (χ0v) is 9.57. The predicted octanol–water partition coefficient (Wildman–Crippen LogP) is 2.33. The molecule has 0 bridgehead atoms. The highest BCUT2D eigenvalue weighted by Gasteiger charge is 2.07. The maximum absolute atomic E-state index is 12.8. The van der Waals surface area contributed by atoms with Crippen molar-refractivity contribution in [2.45, 2.75) is 0 Å². The Morgan fingerprint density at radius 3 is 2.53 bits per heavy atom. The first-order valence-corrected chi connectivity index (χ1v) is 5.09. The van der Waals surface area contributed by atoms with E-state index >= 15 is 0 Å². The lowest BCUT2D eigenvalue weighted by atomic mass is 10.2. The Morgan fingerprint density at radius 1 is 1.24 bits per heavy atom. The Bertz CT molecular complexity index is 514. The highest BCUT2D eigenvalue weighted by atomic mass is 19.1. The summed E-state index contributed by atoms with van der Waals surface area (Å²) >= 11 is 0. The van der Waals surface area contributed by atoms with Gasteiger partial charge in [-0.1, -0.05) is 0 Å². The van der Waals surface area contributed by atoms with Crippen molar-refractivity contribution in [1.82, 2.24) is 9.97 Å². The van der Waals surface area contributed by atoms with E-state index in [4.69, 9.17) is 4.74 Å². The Morgan fingerprint density at radius 2 is 1.94 bits per heavy atom. The molecular weight excluding hydrogens is 221 g/mol. The van der Waals surface area contributed by atoms with Gasteiger partial charge < -0.3 is 10.1 Å². The second kappa shape index (κ2) is 4.78. The Kier molecular flexibility index (Phi) is 3.18. The number of hydrogen-bond acceptors (Lipinski definition) is 4. The number of rotatable bonds is 3. The smallest absolute Gasteiger partial charge is 0.240 e. The van der Waals surface area contributed by atoms with E-state index in [2.05, 4.69) is 15.3 Å². The van der Waals surface area contributed by atoms with Crippen LogP contribution in [0.4, 0.5) is 10.1 Å². The highest BCUT2D eigenvalue weighted by molar-refractivity contribution is 5.59. The second-order valence-electron chi connectivity index (χ2n) is 3.37. The van der Waals surface area contributed by atoms with Gasteiger partial charge in [0.05, 0.1) is 13.3 Å². The van der Waals surface area contributed by atoms with Gasteiger partial charge in [0.25, 0.3) is 0 Å². The minimum atomic E-state index is -0.285. The van der Waals surface area contributed by atoms with Gasteiger partial charge in [-0.25, -0.2) is 9.37 Å². The summed E-state index contributed by atoms with van der Waals surface area (Å²) in [6, 6.07) is 6.00. The van der Waals surface area contributed by atoms with E-state index in [1.54, 1.807) is 25.4 Å². The van der Waals surface area contributed by atoms with Crippen molar-refractivity contribution < 1.29 is 9.13 Å². The normalized spacial score (nSPS) is 10.1. The molecule has 0 radical (unpaired) electrons. The number of nitrogens with zero attached hydrogens (tertiary/aromatic N) is 2. The van der Waals surface area contributed by atoms with Gasteiger partial charge in [0.15, 0.2) is 5.82 Å². The summed E-state index contributed by atoms with van der Waals surface area (Å²) in [5.41, 5.74) is 1.45. The van der Waals surface area contributed by atoms with E-state index in [9.17, 15) is 4.39 Å². The first kappa shape index (κ1) is 11.3. The van der Waals surface area contributed by atoms with Gasteiger partial charge in [-0.05, 0) is 24.3 Å². The average molecular weight is 233 g/mol. The molecule has 2 aromatic rings. The molecule has 2 rings (SSSR count). The minimum absolute atomic E-state index is 0.285. The maximum Gasteiger partial charge on any atom is 0.240 e. The molecule has 0 spiro atoms. The molecule has 0 aliphatic carbocycles. The zero-order valence-electron chi connectivity index (χ0n) is 9.57. The Labute approximate surface area is 98.5 Å². The largest absolute Gasteiger partial charge is 0.479 e. The van der Waals surface area contributed by atoms with E-state index in [1.807, 2.05) is 0 Å². The van der Waals surface area contributed by atoms with Crippen LogP contribution in [0.2, 0.25) is 0 Å². The standard InChI is InChI=1S/C12H12FN3O/c1-14-10-7-15-11(16-12(10)17-2)8-3-5-9(13)6-4-8/h3-7,14H,1-2H3. The highest BCUT2D eigenvalue weighted by Crippen LogP contribution is 2.24. The van der Waals surface area contributed by atoms with Gasteiger partial charge in [-0.3, -0.25) is 0 Å². The van der Waals surface area contributed by atoms with Gasteiger partial charge in [0.1, 0.15) is 11.5 Å². The van der Waals surface area contributed by atoms with Crippen molar-refractivity contribution in [3.8, 4) is 17.3 Å². The molecule has 0 amide bonds. The summed E-state index contributed by atoms with van der Waals surface area (Å²) in [7, 11) is 3.30.